The van der Waals surface area contributed by atoms with E-state index in [-0.39, 0.29) is 12.2 Å². The van der Waals surface area contributed by atoms with E-state index in [0.29, 0.717) is 0 Å². The van der Waals surface area contributed by atoms with Crippen molar-refractivity contribution in [2.24, 2.45) is 0 Å². The fraction of sp³-hybridized carbons (Fsp3) is 1.00. The molecular weight excluding hydrogens is 192 g/mol. The minimum atomic E-state index is -4.21. The molecule has 0 saturated heterocycles. The van der Waals surface area contributed by atoms with Gasteiger partial charge in [-0.2, -0.15) is 0 Å². The predicted molar refractivity (Wildman–Crippen MR) is 44.9 cm³/mol. The van der Waals surface area contributed by atoms with Crippen LogP contribution in [-0.4, -0.2) is 12.2 Å². The van der Waals surface area contributed by atoms with Crippen LogP contribution >= 0.6 is 0 Å². The Balaban J connectivity index is 4.40. The monoisotopic (exact) mass is 212 g/mol. The van der Waals surface area contributed by atoms with Crippen LogP contribution in [-0.2, 0) is 26.0 Å². The molecule has 0 aromatic rings. The van der Waals surface area contributed by atoms with E-state index in [4.69, 9.17) is 6.64 Å². The average molecular weight is 212 g/mol. The Morgan fingerprint density at radius 1 is 0.917 bits per heavy atom. The molecule has 0 heterocycles. The molecule has 0 aromatic carbocycles. The molecule has 0 radical (unpaired) electrons. The van der Waals surface area contributed by atoms with Crippen molar-refractivity contribution in [3.63, 3.8) is 0 Å². The van der Waals surface area contributed by atoms with Crippen LogP contribution in [0.2, 0.25) is 10.5 Å². The molecule has 0 rings (SSSR count). The second kappa shape index (κ2) is 3.66. The summed E-state index contributed by atoms with van der Waals surface area (Å²) in [5, 5.41) is 3.19. The van der Waals surface area contributed by atoms with Gasteiger partial charge in [-0.1, -0.05) is 0 Å². The quantitative estimate of drug-likeness (QED) is 0.672. The van der Waals surface area contributed by atoms with Gasteiger partial charge in [0.25, 0.3) is 0 Å². The first-order chi connectivity index (χ1) is 5.10. The summed E-state index contributed by atoms with van der Waals surface area (Å²) in [6.45, 7) is 7.43. The van der Waals surface area contributed by atoms with E-state index in [1.165, 1.54) is 0 Å². The first-order valence-electron chi connectivity index (χ1n) is 4.39. The molecule has 0 atom stereocenters. The van der Waals surface area contributed by atoms with Gasteiger partial charge in [0.15, 0.2) is 0 Å². The van der Waals surface area contributed by atoms with Crippen molar-refractivity contribution in [1.82, 2.24) is 0 Å². The predicted octanol–water partition coefficient (Wildman–Crippen LogP) is 2.80. The molecule has 3 nitrogen and oxygen atoms in total. The van der Waals surface area contributed by atoms with Gasteiger partial charge in [-0.05, 0) is 0 Å². The van der Waals surface area contributed by atoms with Gasteiger partial charge in [0.2, 0.25) is 0 Å². The SMILES string of the molecule is CC(C)[O][Ti]([CH3])([CH3])(=[O])[O]C(C)C. The molecule has 0 amide bonds. The summed E-state index contributed by atoms with van der Waals surface area (Å²) in [5.41, 5.74) is 0. The second-order valence-electron chi connectivity index (χ2n) is 4.31. The Hall–Kier alpha value is 0.434. The van der Waals surface area contributed by atoms with Crippen molar-refractivity contribution in [2.75, 3.05) is 0 Å². The van der Waals surface area contributed by atoms with Crippen LogP contribution in [0.25, 0.3) is 0 Å². The first-order valence-corrected chi connectivity index (χ1v) is 9.43. The normalized spacial score (nSPS) is 14.4. The summed E-state index contributed by atoms with van der Waals surface area (Å²) in [7, 11) is 0. The Labute approximate surface area is 76.6 Å². The number of hydrogen-bond acceptors (Lipinski definition) is 3. The third kappa shape index (κ3) is 6.01. The molecule has 0 aliphatic heterocycles. The Morgan fingerprint density at radius 3 is 1.33 bits per heavy atom. The maximum atomic E-state index is 12.0. The van der Waals surface area contributed by atoms with Gasteiger partial charge in [-0.25, -0.2) is 0 Å². The molecule has 0 unspecified atom stereocenters. The Bertz CT molecular complexity index is 186. The van der Waals surface area contributed by atoms with Crippen molar-refractivity contribution in [3.8, 4) is 0 Å². The Morgan fingerprint density at radius 2 is 1.17 bits per heavy atom. The summed E-state index contributed by atoms with van der Waals surface area (Å²) < 4.78 is 22.7. The first kappa shape index (κ1) is 12.4. The van der Waals surface area contributed by atoms with Crippen LogP contribution in [0.5, 0.6) is 0 Å². The number of hydrogen-bond donors (Lipinski definition) is 0. The topological polar surface area (TPSA) is 35.5 Å². The van der Waals surface area contributed by atoms with E-state index < -0.39 is 16.1 Å². The van der Waals surface area contributed by atoms with Crippen molar-refractivity contribution in [3.05, 3.63) is 0 Å². The van der Waals surface area contributed by atoms with Crippen molar-refractivity contribution in [2.45, 2.75) is 50.4 Å². The summed E-state index contributed by atoms with van der Waals surface area (Å²) in [6.07, 6.45) is -0.0958. The Kier molecular flexibility index (Phi) is 3.80. The zero-order valence-corrected chi connectivity index (χ0v) is 10.4. The summed E-state index contributed by atoms with van der Waals surface area (Å²) in [5.74, 6) is 0. The van der Waals surface area contributed by atoms with Gasteiger partial charge < -0.3 is 0 Å². The van der Waals surface area contributed by atoms with Crippen LogP contribution in [0.4, 0.5) is 0 Å². The number of rotatable bonds is 4. The molecule has 0 aliphatic rings. The van der Waals surface area contributed by atoms with Gasteiger partial charge >= 0.3 is 76.4 Å². The standard InChI is InChI=1S/2C3H7O.2CH3.O.Ti/c2*1-3(2)4;;;;/h2*3H,1-2H3;2*1H3;;/q2*-1;;;;+2. The van der Waals surface area contributed by atoms with Gasteiger partial charge in [-0.15, -0.1) is 0 Å². The summed E-state index contributed by atoms with van der Waals surface area (Å²) in [4.78, 5) is 0. The molecule has 0 bridgehead atoms. The zero-order valence-electron chi connectivity index (χ0n) is 8.88. The molecule has 4 heteroatoms. The van der Waals surface area contributed by atoms with E-state index in [1.54, 1.807) is 10.5 Å². The van der Waals surface area contributed by atoms with E-state index in [0.717, 1.165) is 0 Å². The fourth-order valence-corrected chi connectivity index (χ4v) is 5.59. The summed E-state index contributed by atoms with van der Waals surface area (Å²) in [6, 6.07) is 0. The van der Waals surface area contributed by atoms with Gasteiger partial charge in [0.1, 0.15) is 0 Å². The van der Waals surface area contributed by atoms with Crippen LogP contribution < -0.4 is 0 Å². The molecular formula is C8H20O3Ti. The van der Waals surface area contributed by atoms with E-state index >= 15 is 0 Å². The van der Waals surface area contributed by atoms with E-state index in [9.17, 15) is 3.32 Å². The molecule has 74 valence electrons. The van der Waals surface area contributed by atoms with Gasteiger partial charge in [0, 0.05) is 0 Å². The fourth-order valence-electron chi connectivity index (χ4n) is 1.36. The molecule has 0 aliphatic carbocycles. The minimum absolute atomic E-state index is 0.0479. The molecule has 0 N–H and O–H groups in total. The zero-order chi connectivity index (χ0) is 10.0. The van der Waals surface area contributed by atoms with Crippen LogP contribution in [0.15, 0.2) is 0 Å². The van der Waals surface area contributed by atoms with Crippen molar-refractivity contribution in [1.29, 1.82) is 0 Å². The molecule has 0 aromatic heterocycles. The van der Waals surface area contributed by atoms with E-state index in [1.807, 2.05) is 27.7 Å². The van der Waals surface area contributed by atoms with Gasteiger partial charge in [-0.3, -0.25) is 0 Å². The third-order valence-electron chi connectivity index (χ3n) is 1.14. The molecule has 0 spiro atoms. The van der Waals surface area contributed by atoms with Crippen LogP contribution in [0.1, 0.15) is 27.7 Å². The second-order valence-corrected chi connectivity index (χ2v) is 11.2. The molecule has 0 saturated carbocycles. The van der Waals surface area contributed by atoms with Crippen LogP contribution in [0, 0.1) is 0 Å². The van der Waals surface area contributed by atoms with E-state index in [2.05, 4.69) is 0 Å². The van der Waals surface area contributed by atoms with Crippen molar-refractivity contribution < 1.29 is 26.0 Å². The average Bonchev–Trinajstić information content (AvgIpc) is 1.49. The molecule has 0 fully saturated rings. The van der Waals surface area contributed by atoms with Gasteiger partial charge in [0.05, 0.1) is 0 Å². The van der Waals surface area contributed by atoms with Crippen molar-refractivity contribution >= 4 is 0 Å². The third-order valence-corrected chi connectivity index (χ3v) is 4.68. The van der Waals surface area contributed by atoms with Crippen LogP contribution in [0.3, 0.4) is 0 Å². The molecule has 12 heavy (non-hydrogen) atoms. The maximum absolute atomic E-state index is 12.0. The summed E-state index contributed by atoms with van der Waals surface area (Å²) >= 11 is -4.21.